The third-order valence-electron chi connectivity index (χ3n) is 3.29. The van der Waals surface area contributed by atoms with E-state index in [0.717, 1.165) is 24.3 Å². The number of alkyl halides is 3. The molecule has 0 saturated carbocycles. The van der Waals surface area contributed by atoms with Crippen LogP contribution >= 0.6 is 0 Å². The average molecular weight is 366 g/mol. The first-order valence-corrected chi connectivity index (χ1v) is 7.31. The Morgan fingerprint density at radius 2 is 1.58 bits per heavy atom. The average Bonchev–Trinajstić information content (AvgIpc) is 2.58. The Labute approximate surface area is 144 Å². The van der Waals surface area contributed by atoms with Crippen molar-refractivity contribution in [3.63, 3.8) is 0 Å². The highest BCUT2D eigenvalue weighted by atomic mass is 19.4. The molecule has 2 aromatic carbocycles. The van der Waals surface area contributed by atoms with Gasteiger partial charge in [0.05, 0.1) is 5.56 Å². The summed E-state index contributed by atoms with van der Waals surface area (Å²) in [5.41, 5.74) is -0.393. The number of rotatable bonds is 4. The summed E-state index contributed by atoms with van der Waals surface area (Å²) in [6, 6.07) is 9.28. The van der Waals surface area contributed by atoms with Gasteiger partial charge in [-0.25, -0.2) is 13.8 Å². The second-order valence-corrected chi connectivity index (χ2v) is 5.22. The lowest BCUT2D eigenvalue weighted by Crippen LogP contribution is -2.06. The van der Waals surface area contributed by atoms with Gasteiger partial charge in [-0.05, 0) is 36.4 Å². The third kappa shape index (κ3) is 4.24. The van der Waals surface area contributed by atoms with Crippen LogP contribution < -0.4 is 10.6 Å². The predicted molar refractivity (Wildman–Crippen MR) is 86.4 cm³/mol. The summed E-state index contributed by atoms with van der Waals surface area (Å²) in [6.07, 6.45) is -3.10. The van der Waals surface area contributed by atoms with Crippen LogP contribution in [0.2, 0.25) is 0 Å². The lowest BCUT2D eigenvalue weighted by Gasteiger charge is -2.11. The first kappa shape index (κ1) is 17.6. The molecule has 0 unspecified atom stereocenters. The van der Waals surface area contributed by atoms with E-state index in [-0.39, 0.29) is 23.1 Å². The molecule has 4 nitrogen and oxygen atoms in total. The van der Waals surface area contributed by atoms with Gasteiger partial charge in [0.25, 0.3) is 0 Å². The number of halogens is 5. The van der Waals surface area contributed by atoms with Gasteiger partial charge in [0.15, 0.2) is 11.6 Å². The summed E-state index contributed by atoms with van der Waals surface area (Å²) in [4.78, 5) is 8.00. The van der Waals surface area contributed by atoms with E-state index in [2.05, 4.69) is 20.6 Å². The molecular weight excluding hydrogens is 355 g/mol. The van der Waals surface area contributed by atoms with Gasteiger partial charge in [-0.3, -0.25) is 0 Å². The van der Waals surface area contributed by atoms with Crippen molar-refractivity contribution in [2.75, 3.05) is 10.6 Å². The van der Waals surface area contributed by atoms with Crippen molar-refractivity contribution in [2.45, 2.75) is 6.18 Å². The second-order valence-electron chi connectivity index (χ2n) is 5.22. The number of hydrogen-bond donors (Lipinski definition) is 2. The highest BCUT2D eigenvalue weighted by molar-refractivity contribution is 5.60. The molecular formula is C17H11F5N4. The van der Waals surface area contributed by atoms with Crippen molar-refractivity contribution in [1.29, 1.82) is 0 Å². The van der Waals surface area contributed by atoms with Gasteiger partial charge in [-0.2, -0.15) is 18.2 Å². The molecule has 0 amide bonds. The molecule has 0 aliphatic heterocycles. The third-order valence-corrected chi connectivity index (χ3v) is 3.29. The van der Waals surface area contributed by atoms with E-state index >= 15 is 0 Å². The maximum Gasteiger partial charge on any atom is 0.416 e. The van der Waals surface area contributed by atoms with E-state index < -0.39 is 23.4 Å². The Hall–Kier alpha value is -3.23. The first-order chi connectivity index (χ1) is 12.3. The van der Waals surface area contributed by atoms with Gasteiger partial charge in [-0.15, -0.1) is 0 Å². The van der Waals surface area contributed by atoms with E-state index in [4.69, 9.17) is 0 Å². The molecule has 134 valence electrons. The normalized spacial score (nSPS) is 11.3. The zero-order valence-corrected chi connectivity index (χ0v) is 13.0. The van der Waals surface area contributed by atoms with Gasteiger partial charge in [-0.1, -0.05) is 6.07 Å². The van der Waals surface area contributed by atoms with Crippen molar-refractivity contribution in [2.24, 2.45) is 0 Å². The largest absolute Gasteiger partial charge is 0.416 e. The van der Waals surface area contributed by atoms with Crippen LogP contribution in [0.4, 0.5) is 45.1 Å². The highest BCUT2D eigenvalue weighted by Gasteiger charge is 2.30. The van der Waals surface area contributed by atoms with Crippen LogP contribution in [0.15, 0.2) is 54.7 Å². The summed E-state index contributed by atoms with van der Waals surface area (Å²) < 4.78 is 64.4. The Bertz CT molecular complexity index is 927. The number of benzene rings is 2. The van der Waals surface area contributed by atoms with E-state index in [1.807, 2.05) is 0 Å². The number of hydrogen-bond acceptors (Lipinski definition) is 4. The molecule has 0 fully saturated rings. The van der Waals surface area contributed by atoms with Crippen LogP contribution in [0.3, 0.4) is 0 Å². The van der Waals surface area contributed by atoms with Crippen LogP contribution in [-0.4, -0.2) is 9.97 Å². The Balaban J connectivity index is 1.78. The molecule has 0 bridgehead atoms. The standard InChI is InChI=1S/C17H11F5N4/c18-13-5-4-12(9-14(13)19)24-15-6-7-23-16(26-15)25-11-3-1-2-10(8-11)17(20,21)22/h1-9H,(H2,23,24,25,26). The maximum absolute atomic E-state index is 13.2. The molecule has 0 aliphatic rings. The molecule has 3 aromatic rings. The summed E-state index contributed by atoms with van der Waals surface area (Å²) in [5.74, 6) is -1.71. The number of nitrogens with zero attached hydrogens (tertiary/aromatic N) is 2. The predicted octanol–water partition coefficient (Wildman–Crippen LogP) is 5.26. The Kier molecular flexibility index (Phi) is 4.70. The fourth-order valence-electron chi connectivity index (χ4n) is 2.11. The van der Waals surface area contributed by atoms with E-state index in [1.165, 1.54) is 30.5 Å². The Morgan fingerprint density at radius 3 is 2.31 bits per heavy atom. The summed E-state index contributed by atoms with van der Waals surface area (Å²) in [6.45, 7) is 0. The number of aromatic nitrogens is 2. The van der Waals surface area contributed by atoms with Gasteiger partial charge in [0, 0.05) is 23.6 Å². The maximum atomic E-state index is 13.2. The van der Waals surface area contributed by atoms with E-state index in [1.54, 1.807) is 0 Å². The van der Waals surface area contributed by atoms with Crippen molar-refractivity contribution >= 4 is 23.1 Å². The highest BCUT2D eigenvalue weighted by Crippen LogP contribution is 2.31. The van der Waals surface area contributed by atoms with Crippen molar-refractivity contribution in [1.82, 2.24) is 9.97 Å². The molecule has 0 aliphatic carbocycles. The van der Waals surface area contributed by atoms with Crippen LogP contribution in [0, 0.1) is 11.6 Å². The van der Waals surface area contributed by atoms with Crippen LogP contribution in [0.5, 0.6) is 0 Å². The van der Waals surface area contributed by atoms with Crippen LogP contribution in [0.1, 0.15) is 5.56 Å². The van der Waals surface area contributed by atoms with Gasteiger partial charge in [0.1, 0.15) is 5.82 Å². The number of anilines is 4. The minimum absolute atomic E-state index is 0.0388. The van der Waals surface area contributed by atoms with Crippen molar-refractivity contribution < 1.29 is 22.0 Å². The molecule has 26 heavy (non-hydrogen) atoms. The fourth-order valence-corrected chi connectivity index (χ4v) is 2.11. The topological polar surface area (TPSA) is 49.8 Å². The lowest BCUT2D eigenvalue weighted by molar-refractivity contribution is -0.137. The quantitative estimate of drug-likeness (QED) is 0.619. The lowest BCUT2D eigenvalue weighted by atomic mass is 10.2. The Morgan fingerprint density at radius 1 is 0.808 bits per heavy atom. The summed E-state index contributed by atoms with van der Waals surface area (Å²) >= 11 is 0. The monoisotopic (exact) mass is 366 g/mol. The molecule has 0 saturated heterocycles. The summed E-state index contributed by atoms with van der Waals surface area (Å²) in [5, 5.41) is 5.42. The minimum atomic E-state index is -4.46. The van der Waals surface area contributed by atoms with Gasteiger partial charge < -0.3 is 10.6 Å². The van der Waals surface area contributed by atoms with Crippen LogP contribution in [-0.2, 0) is 6.18 Å². The molecule has 1 aromatic heterocycles. The van der Waals surface area contributed by atoms with E-state index in [0.29, 0.717) is 0 Å². The fraction of sp³-hybridized carbons (Fsp3) is 0.0588. The molecule has 0 spiro atoms. The second kappa shape index (κ2) is 6.95. The van der Waals surface area contributed by atoms with Gasteiger partial charge >= 0.3 is 6.18 Å². The zero-order chi connectivity index (χ0) is 18.7. The molecule has 0 radical (unpaired) electrons. The van der Waals surface area contributed by atoms with Crippen LogP contribution in [0.25, 0.3) is 0 Å². The molecule has 0 atom stereocenters. The SMILES string of the molecule is Fc1ccc(Nc2ccnc(Nc3cccc(C(F)(F)F)c3)n2)cc1F. The molecule has 1 heterocycles. The van der Waals surface area contributed by atoms with Crippen molar-refractivity contribution in [3.05, 3.63) is 71.9 Å². The van der Waals surface area contributed by atoms with Gasteiger partial charge in [0.2, 0.25) is 5.95 Å². The minimum Gasteiger partial charge on any atom is -0.340 e. The molecule has 2 N–H and O–H groups in total. The smallest absolute Gasteiger partial charge is 0.340 e. The first-order valence-electron chi connectivity index (χ1n) is 7.31. The van der Waals surface area contributed by atoms with E-state index in [9.17, 15) is 22.0 Å². The summed E-state index contributed by atoms with van der Waals surface area (Å²) in [7, 11) is 0. The van der Waals surface area contributed by atoms with Crippen molar-refractivity contribution in [3.8, 4) is 0 Å². The number of nitrogens with one attached hydrogen (secondary N) is 2. The molecule has 3 rings (SSSR count). The zero-order valence-electron chi connectivity index (χ0n) is 13.0. The molecule has 9 heteroatoms.